The number of anilines is 1. The van der Waals surface area contributed by atoms with Gasteiger partial charge in [-0.3, -0.25) is 20.2 Å². The molecule has 2 rings (SSSR count). The number of halogens is 1. The van der Waals surface area contributed by atoms with Gasteiger partial charge in [0.15, 0.2) is 0 Å². The van der Waals surface area contributed by atoms with Crippen LogP contribution in [0.5, 0.6) is 0 Å². The topological polar surface area (TPSA) is 98.3 Å². The van der Waals surface area contributed by atoms with Gasteiger partial charge in [0, 0.05) is 17.6 Å². The van der Waals surface area contributed by atoms with E-state index in [1.807, 2.05) is 12.1 Å². The Bertz CT molecular complexity index is 704. The van der Waals surface area contributed by atoms with Crippen LogP contribution in [-0.2, 0) is 6.42 Å². The Morgan fingerprint density at radius 1 is 1.00 bits per heavy atom. The van der Waals surface area contributed by atoms with E-state index in [1.54, 1.807) is 12.1 Å². The Morgan fingerprint density at radius 3 is 2.27 bits per heavy atom. The first-order valence-corrected chi connectivity index (χ1v) is 6.76. The molecular weight excluding hydrogens is 310 g/mol. The molecule has 22 heavy (non-hydrogen) atoms. The van der Waals surface area contributed by atoms with E-state index < -0.39 is 9.85 Å². The van der Waals surface area contributed by atoms with Gasteiger partial charge in [-0.2, -0.15) is 0 Å². The molecule has 0 unspecified atom stereocenters. The third-order valence-electron chi connectivity index (χ3n) is 3.03. The molecule has 0 fully saturated rings. The first-order valence-electron chi connectivity index (χ1n) is 6.38. The molecule has 8 heteroatoms. The monoisotopic (exact) mass is 321 g/mol. The number of hydrogen-bond donors (Lipinski definition) is 1. The largest absolute Gasteiger partial charge is 0.379 e. The molecule has 1 N–H and O–H groups in total. The fourth-order valence-electron chi connectivity index (χ4n) is 1.93. The van der Waals surface area contributed by atoms with E-state index in [0.29, 0.717) is 18.0 Å². The summed E-state index contributed by atoms with van der Waals surface area (Å²) in [6.45, 7) is 0.459. The lowest BCUT2D eigenvalue weighted by Crippen LogP contribution is -2.07. The van der Waals surface area contributed by atoms with E-state index in [2.05, 4.69) is 5.32 Å². The summed E-state index contributed by atoms with van der Waals surface area (Å²) in [6, 6.07) is 10.8. The lowest BCUT2D eigenvalue weighted by molar-refractivity contribution is -0.393. The maximum Gasteiger partial charge on any atom is 0.299 e. The first kappa shape index (κ1) is 15.7. The number of nitrogens with one attached hydrogen (secondary N) is 1. The minimum Gasteiger partial charge on any atom is -0.379 e. The van der Waals surface area contributed by atoms with Crippen LogP contribution in [0.25, 0.3) is 0 Å². The van der Waals surface area contributed by atoms with Gasteiger partial charge in [-0.15, -0.1) is 0 Å². The summed E-state index contributed by atoms with van der Waals surface area (Å²) in [5, 5.41) is 25.2. The van der Waals surface area contributed by atoms with Gasteiger partial charge in [-0.05, 0) is 30.2 Å². The number of benzene rings is 2. The molecule has 0 radical (unpaired) electrons. The highest BCUT2D eigenvalue weighted by atomic mass is 35.5. The van der Waals surface area contributed by atoms with Crippen LogP contribution in [0.3, 0.4) is 0 Å². The summed E-state index contributed by atoms with van der Waals surface area (Å²) in [5.41, 5.74) is 0.659. The summed E-state index contributed by atoms with van der Waals surface area (Å²) < 4.78 is 0. The molecule has 0 saturated carbocycles. The molecule has 0 spiro atoms. The third kappa shape index (κ3) is 3.92. The zero-order chi connectivity index (χ0) is 16.1. The molecule has 2 aromatic carbocycles. The van der Waals surface area contributed by atoms with Crippen LogP contribution in [0.2, 0.25) is 5.02 Å². The summed E-state index contributed by atoms with van der Waals surface area (Å²) in [7, 11) is 0. The number of non-ortho nitro benzene ring substituents is 1. The second-order valence-electron chi connectivity index (χ2n) is 4.52. The number of hydrogen-bond acceptors (Lipinski definition) is 5. The summed E-state index contributed by atoms with van der Waals surface area (Å²) in [6.07, 6.45) is 0.644. The van der Waals surface area contributed by atoms with E-state index in [4.69, 9.17) is 11.6 Å². The van der Waals surface area contributed by atoms with Crippen molar-refractivity contribution in [3.05, 3.63) is 73.3 Å². The lowest BCUT2D eigenvalue weighted by atomic mass is 10.1. The predicted octanol–water partition coefficient (Wildman–Crippen LogP) is 3.81. The van der Waals surface area contributed by atoms with Crippen molar-refractivity contribution in [2.75, 3.05) is 11.9 Å². The molecule has 0 bridgehead atoms. The van der Waals surface area contributed by atoms with E-state index in [0.717, 1.165) is 11.6 Å². The SMILES string of the molecule is O=[N+]([O-])c1ccc(NCCc2ccc(Cl)cc2)c([N+](=O)[O-])c1. The molecule has 0 aromatic heterocycles. The predicted molar refractivity (Wildman–Crippen MR) is 83.4 cm³/mol. The number of rotatable bonds is 6. The zero-order valence-corrected chi connectivity index (χ0v) is 12.1. The summed E-state index contributed by atoms with van der Waals surface area (Å²) >= 11 is 5.79. The van der Waals surface area contributed by atoms with Crippen LogP contribution in [0.15, 0.2) is 42.5 Å². The molecule has 0 aliphatic rings. The molecule has 0 aliphatic heterocycles. The van der Waals surface area contributed by atoms with Crippen LogP contribution in [0, 0.1) is 20.2 Å². The van der Waals surface area contributed by atoms with E-state index in [-0.39, 0.29) is 17.1 Å². The van der Waals surface area contributed by atoms with Gasteiger partial charge in [0.05, 0.1) is 15.9 Å². The third-order valence-corrected chi connectivity index (χ3v) is 3.28. The molecule has 0 heterocycles. The minimum atomic E-state index is -0.662. The standard InChI is InChI=1S/C14H12ClN3O4/c15-11-3-1-10(2-4-11)7-8-16-13-6-5-12(17(19)20)9-14(13)18(21)22/h1-6,9,16H,7-8H2. The van der Waals surface area contributed by atoms with Gasteiger partial charge in [0.2, 0.25) is 0 Å². The average Bonchev–Trinajstić information content (AvgIpc) is 2.49. The van der Waals surface area contributed by atoms with Gasteiger partial charge in [-0.1, -0.05) is 23.7 Å². The Labute approximate surface area is 130 Å². The van der Waals surface area contributed by atoms with Gasteiger partial charge in [0.1, 0.15) is 5.69 Å². The van der Waals surface area contributed by atoms with E-state index in [1.165, 1.54) is 12.1 Å². The highest BCUT2D eigenvalue weighted by molar-refractivity contribution is 6.30. The van der Waals surface area contributed by atoms with Gasteiger partial charge in [-0.25, -0.2) is 0 Å². The van der Waals surface area contributed by atoms with Crippen LogP contribution < -0.4 is 5.32 Å². The average molecular weight is 322 g/mol. The Morgan fingerprint density at radius 2 is 1.68 bits per heavy atom. The van der Waals surface area contributed by atoms with Crippen molar-refractivity contribution in [3.8, 4) is 0 Å². The fraction of sp³-hybridized carbons (Fsp3) is 0.143. The van der Waals surface area contributed by atoms with Crippen molar-refractivity contribution in [3.63, 3.8) is 0 Å². The second kappa shape index (κ2) is 6.86. The molecule has 2 aromatic rings. The van der Waals surface area contributed by atoms with Crippen molar-refractivity contribution in [1.29, 1.82) is 0 Å². The highest BCUT2D eigenvalue weighted by Gasteiger charge is 2.18. The van der Waals surface area contributed by atoms with Gasteiger partial charge >= 0.3 is 0 Å². The van der Waals surface area contributed by atoms with Gasteiger partial charge in [0.25, 0.3) is 11.4 Å². The highest BCUT2D eigenvalue weighted by Crippen LogP contribution is 2.28. The quantitative estimate of drug-likeness (QED) is 0.644. The maximum atomic E-state index is 11.0. The maximum absolute atomic E-state index is 11.0. The smallest absolute Gasteiger partial charge is 0.299 e. The van der Waals surface area contributed by atoms with Crippen LogP contribution in [-0.4, -0.2) is 16.4 Å². The van der Waals surface area contributed by atoms with Crippen molar-refractivity contribution < 1.29 is 9.85 Å². The second-order valence-corrected chi connectivity index (χ2v) is 4.96. The van der Waals surface area contributed by atoms with Crippen LogP contribution in [0.1, 0.15) is 5.56 Å². The van der Waals surface area contributed by atoms with Gasteiger partial charge < -0.3 is 5.32 Å². The Hall–Kier alpha value is -2.67. The molecular formula is C14H12ClN3O4. The van der Waals surface area contributed by atoms with Crippen molar-refractivity contribution >= 4 is 28.7 Å². The first-order chi connectivity index (χ1) is 10.5. The summed E-state index contributed by atoms with van der Waals surface area (Å²) in [5.74, 6) is 0. The van der Waals surface area contributed by atoms with Crippen LogP contribution in [0.4, 0.5) is 17.1 Å². The minimum absolute atomic E-state index is 0.254. The van der Waals surface area contributed by atoms with Crippen LogP contribution >= 0.6 is 11.6 Å². The molecule has 0 atom stereocenters. The number of nitrogens with zero attached hydrogens (tertiary/aromatic N) is 2. The number of nitro groups is 2. The fourth-order valence-corrected chi connectivity index (χ4v) is 2.05. The molecule has 7 nitrogen and oxygen atoms in total. The number of nitro benzene ring substituents is 2. The molecule has 114 valence electrons. The Kier molecular flexibility index (Phi) is 4.90. The Balaban J connectivity index is 2.07. The van der Waals surface area contributed by atoms with Crippen molar-refractivity contribution in [1.82, 2.24) is 0 Å². The molecule has 0 amide bonds. The van der Waals surface area contributed by atoms with Crippen molar-refractivity contribution in [2.45, 2.75) is 6.42 Å². The van der Waals surface area contributed by atoms with E-state index >= 15 is 0 Å². The summed E-state index contributed by atoms with van der Waals surface area (Å²) in [4.78, 5) is 20.4. The molecule has 0 saturated heterocycles. The van der Waals surface area contributed by atoms with Crippen molar-refractivity contribution in [2.24, 2.45) is 0 Å². The normalized spacial score (nSPS) is 10.2. The van der Waals surface area contributed by atoms with E-state index in [9.17, 15) is 20.2 Å². The lowest BCUT2D eigenvalue weighted by Gasteiger charge is -2.07. The zero-order valence-electron chi connectivity index (χ0n) is 11.4. The molecule has 0 aliphatic carbocycles.